The van der Waals surface area contributed by atoms with Crippen LogP contribution in [0.2, 0.25) is 0 Å². The van der Waals surface area contributed by atoms with Gasteiger partial charge in [-0.25, -0.2) is 4.98 Å². The van der Waals surface area contributed by atoms with Crippen molar-refractivity contribution in [3.05, 3.63) is 40.1 Å². The van der Waals surface area contributed by atoms with Crippen LogP contribution in [0.3, 0.4) is 0 Å². The highest BCUT2D eigenvalue weighted by molar-refractivity contribution is 9.10. The van der Waals surface area contributed by atoms with Crippen LogP contribution in [-0.4, -0.2) is 9.97 Å². The van der Waals surface area contributed by atoms with E-state index in [4.69, 9.17) is 5.73 Å². The summed E-state index contributed by atoms with van der Waals surface area (Å²) in [4.78, 5) is 7.44. The Bertz CT molecular complexity index is 476. The molecule has 0 fully saturated rings. The Morgan fingerprint density at radius 1 is 1.47 bits per heavy atom. The van der Waals surface area contributed by atoms with Gasteiger partial charge >= 0.3 is 0 Å². The molecule has 2 rings (SSSR count). The molecule has 3 N–H and O–H groups in total. The number of aromatic amines is 1. The van der Waals surface area contributed by atoms with Crippen LogP contribution >= 0.6 is 15.9 Å². The molecular formula is C11H12BrN3. The van der Waals surface area contributed by atoms with E-state index >= 15 is 0 Å². The zero-order valence-electron chi connectivity index (χ0n) is 8.42. The van der Waals surface area contributed by atoms with Gasteiger partial charge < -0.3 is 10.7 Å². The van der Waals surface area contributed by atoms with E-state index in [0.29, 0.717) is 6.54 Å². The summed E-state index contributed by atoms with van der Waals surface area (Å²) in [7, 11) is 0. The number of hydrogen-bond donors (Lipinski definition) is 2. The Morgan fingerprint density at radius 3 is 2.87 bits per heavy atom. The van der Waals surface area contributed by atoms with Crippen molar-refractivity contribution in [2.75, 3.05) is 0 Å². The highest BCUT2D eigenvalue weighted by atomic mass is 79.9. The van der Waals surface area contributed by atoms with Crippen LogP contribution < -0.4 is 5.73 Å². The van der Waals surface area contributed by atoms with Crippen molar-refractivity contribution >= 4 is 15.9 Å². The minimum Gasteiger partial charge on any atom is -0.341 e. The number of nitrogens with two attached hydrogens (primary N) is 1. The molecule has 0 aliphatic carbocycles. The summed E-state index contributed by atoms with van der Waals surface area (Å²) in [6.07, 6.45) is 1.77. The first-order valence-electron chi connectivity index (χ1n) is 4.71. The van der Waals surface area contributed by atoms with Gasteiger partial charge in [0.05, 0.1) is 0 Å². The normalized spacial score (nSPS) is 10.6. The van der Waals surface area contributed by atoms with E-state index in [2.05, 4.69) is 45.0 Å². The van der Waals surface area contributed by atoms with E-state index in [-0.39, 0.29) is 0 Å². The summed E-state index contributed by atoms with van der Waals surface area (Å²) in [6, 6.07) is 6.15. The molecule has 1 heterocycles. The Labute approximate surface area is 96.9 Å². The van der Waals surface area contributed by atoms with E-state index in [0.717, 1.165) is 21.6 Å². The van der Waals surface area contributed by atoms with Gasteiger partial charge in [0.25, 0.3) is 0 Å². The molecule has 0 saturated carbocycles. The standard InChI is InChI=1S/C11H12BrN3/c1-7-2-3-8(4-10(7)12)11-14-6-9(5-13)15-11/h2-4,6H,5,13H2,1H3,(H,14,15). The predicted molar refractivity (Wildman–Crippen MR) is 64.4 cm³/mol. The molecule has 0 spiro atoms. The van der Waals surface area contributed by atoms with Crippen molar-refractivity contribution in [3.63, 3.8) is 0 Å². The zero-order valence-corrected chi connectivity index (χ0v) is 10.0. The first kappa shape index (κ1) is 10.4. The fraction of sp³-hybridized carbons (Fsp3) is 0.182. The molecule has 0 atom stereocenters. The van der Waals surface area contributed by atoms with Gasteiger partial charge in [-0.2, -0.15) is 0 Å². The zero-order chi connectivity index (χ0) is 10.8. The van der Waals surface area contributed by atoms with Crippen molar-refractivity contribution in [3.8, 4) is 11.4 Å². The highest BCUT2D eigenvalue weighted by Gasteiger charge is 2.04. The van der Waals surface area contributed by atoms with Gasteiger partial charge in [0.1, 0.15) is 5.82 Å². The van der Waals surface area contributed by atoms with Gasteiger partial charge in [-0.15, -0.1) is 0 Å². The predicted octanol–water partition coefficient (Wildman–Crippen LogP) is 2.61. The van der Waals surface area contributed by atoms with Crippen molar-refractivity contribution in [1.29, 1.82) is 0 Å². The summed E-state index contributed by atoms with van der Waals surface area (Å²) in [5.74, 6) is 0.858. The van der Waals surface area contributed by atoms with Gasteiger partial charge in [0.15, 0.2) is 0 Å². The maximum absolute atomic E-state index is 5.51. The molecule has 78 valence electrons. The quantitative estimate of drug-likeness (QED) is 0.877. The van der Waals surface area contributed by atoms with Gasteiger partial charge in [0, 0.05) is 28.5 Å². The van der Waals surface area contributed by atoms with Crippen LogP contribution in [0.15, 0.2) is 28.9 Å². The number of aromatic nitrogens is 2. The van der Waals surface area contributed by atoms with Gasteiger partial charge in [-0.3, -0.25) is 0 Å². The lowest BCUT2D eigenvalue weighted by Gasteiger charge is -2.01. The molecule has 0 bridgehead atoms. The van der Waals surface area contributed by atoms with E-state index in [1.807, 2.05) is 6.07 Å². The van der Waals surface area contributed by atoms with E-state index in [9.17, 15) is 0 Å². The van der Waals surface area contributed by atoms with Crippen LogP contribution in [0.5, 0.6) is 0 Å². The lowest BCUT2D eigenvalue weighted by Crippen LogP contribution is -1.95. The largest absolute Gasteiger partial charge is 0.341 e. The maximum Gasteiger partial charge on any atom is 0.137 e. The molecule has 1 aromatic heterocycles. The maximum atomic E-state index is 5.51. The molecule has 0 amide bonds. The molecule has 4 heteroatoms. The fourth-order valence-electron chi connectivity index (χ4n) is 1.35. The van der Waals surface area contributed by atoms with E-state index in [1.165, 1.54) is 5.56 Å². The van der Waals surface area contributed by atoms with Gasteiger partial charge in [0.2, 0.25) is 0 Å². The molecular weight excluding hydrogens is 254 g/mol. The molecule has 2 aromatic rings. The highest BCUT2D eigenvalue weighted by Crippen LogP contribution is 2.23. The Balaban J connectivity index is 2.40. The van der Waals surface area contributed by atoms with Crippen molar-refractivity contribution < 1.29 is 0 Å². The lowest BCUT2D eigenvalue weighted by atomic mass is 10.1. The fourth-order valence-corrected chi connectivity index (χ4v) is 1.73. The summed E-state index contributed by atoms with van der Waals surface area (Å²) >= 11 is 3.50. The molecule has 0 radical (unpaired) electrons. The number of benzene rings is 1. The number of halogens is 1. The number of imidazole rings is 1. The third-order valence-electron chi connectivity index (χ3n) is 2.29. The van der Waals surface area contributed by atoms with Crippen molar-refractivity contribution in [2.24, 2.45) is 5.73 Å². The Morgan fingerprint density at radius 2 is 2.27 bits per heavy atom. The number of nitrogens with one attached hydrogen (secondary N) is 1. The SMILES string of the molecule is Cc1ccc(-c2ncc(CN)[nH]2)cc1Br. The monoisotopic (exact) mass is 265 g/mol. The minimum atomic E-state index is 0.486. The van der Waals surface area contributed by atoms with Crippen LogP contribution in [0, 0.1) is 6.92 Å². The summed E-state index contributed by atoms with van der Waals surface area (Å²) in [5, 5.41) is 0. The second-order valence-electron chi connectivity index (χ2n) is 3.43. The summed E-state index contributed by atoms with van der Waals surface area (Å²) in [5.41, 5.74) is 8.74. The molecule has 1 aromatic carbocycles. The minimum absolute atomic E-state index is 0.486. The number of H-pyrrole nitrogens is 1. The summed E-state index contributed by atoms with van der Waals surface area (Å²) in [6.45, 7) is 2.54. The van der Waals surface area contributed by atoms with Crippen molar-refractivity contribution in [2.45, 2.75) is 13.5 Å². The molecule has 0 aliphatic heterocycles. The first-order valence-corrected chi connectivity index (χ1v) is 5.50. The topological polar surface area (TPSA) is 54.7 Å². The molecule has 3 nitrogen and oxygen atoms in total. The number of aryl methyl sites for hydroxylation is 1. The average Bonchev–Trinajstić information content (AvgIpc) is 2.70. The first-order chi connectivity index (χ1) is 7.20. The van der Waals surface area contributed by atoms with Crippen molar-refractivity contribution in [1.82, 2.24) is 9.97 Å². The lowest BCUT2D eigenvalue weighted by molar-refractivity contribution is 1.01. The second-order valence-corrected chi connectivity index (χ2v) is 4.28. The molecule has 0 unspecified atom stereocenters. The van der Waals surface area contributed by atoms with E-state index in [1.54, 1.807) is 6.20 Å². The molecule has 0 saturated heterocycles. The molecule has 0 aliphatic rings. The number of rotatable bonds is 2. The number of hydrogen-bond acceptors (Lipinski definition) is 2. The third kappa shape index (κ3) is 2.11. The smallest absolute Gasteiger partial charge is 0.137 e. The Kier molecular flexibility index (Phi) is 2.88. The van der Waals surface area contributed by atoms with Gasteiger partial charge in [-0.1, -0.05) is 28.1 Å². The Hall–Kier alpha value is -1.13. The average molecular weight is 266 g/mol. The second kappa shape index (κ2) is 4.16. The molecule has 15 heavy (non-hydrogen) atoms. The number of nitrogens with zero attached hydrogens (tertiary/aromatic N) is 1. The van der Waals surface area contributed by atoms with Gasteiger partial charge in [-0.05, 0) is 18.6 Å². The summed E-state index contributed by atoms with van der Waals surface area (Å²) < 4.78 is 1.09. The van der Waals surface area contributed by atoms with Crippen LogP contribution in [0.4, 0.5) is 0 Å². The van der Waals surface area contributed by atoms with Crippen LogP contribution in [0.1, 0.15) is 11.3 Å². The van der Waals surface area contributed by atoms with E-state index < -0.39 is 0 Å². The van der Waals surface area contributed by atoms with Crippen LogP contribution in [0.25, 0.3) is 11.4 Å². The van der Waals surface area contributed by atoms with Crippen LogP contribution in [-0.2, 0) is 6.54 Å². The third-order valence-corrected chi connectivity index (χ3v) is 3.15.